The SMILES string of the molecule is CC(C)(C)CN1CC[C@@H](N(C(=O)O)c2ccc(/C=C/C(=O)NOC3CCCCO3)cn2)C1. The first-order chi connectivity index (χ1) is 15.2. The minimum Gasteiger partial charge on any atom is -0.465 e. The van der Waals surface area contributed by atoms with E-state index in [0.29, 0.717) is 24.5 Å². The van der Waals surface area contributed by atoms with Crippen LogP contribution in [0, 0.1) is 5.41 Å². The smallest absolute Gasteiger partial charge is 0.413 e. The van der Waals surface area contributed by atoms with Crippen LogP contribution in [0.5, 0.6) is 0 Å². The third-order valence-corrected chi connectivity index (χ3v) is 5.39. The molecule has 9 heteroatoms. The van der Waals surface area contributed by atoms with Crippen LogP contribution in [-0.4, -0.2) is 65.6 Å². The highest BCUT2D eigenvalue weighted by Crippen LogP contribution is 2.25. The number of anilines is 1. The molecule has 1 unspecified atom stereocenters. The summed E-state index contributed by atoms with van der Waals surface area (Å²) in [6.07, 6.45) is 6.63. The number of hydrogen-bond acceptors (Lipinski definition) is 6. The molecule has 1 aromatic rings. The standard InChI is InChI=1S/C23H34N4O5/c1-23(2,3)16-26-12-11-18(15-26)27(22(29)30)19-9-7-17(14-24-19)8-10-20(28)25-32-21-6-4-5-13-31-21/h7-10,14,18,21H,4-6,11-13,15-16H2,1-3H3,(H,25,28)(H,29,30)/b10-8+/t18-,21?/m1/s1. The van der Waals surface area contributed by atoms with E-state index in [-0.39, 0.29) is 11.5 Å². The largest absolute Gasteiger partial charge is 0.465 e. The summed E-state index contributed by atoms with van der Waals surface area (Å²) in [7, 11) is 0. The lowest BCUT2D eigenvalue weighted by Gasteiger charge is -2.28. The van der Waals surface area contributed by atoms with Crippen LogP contribution in [0.4, 0.5) is 10.6 Å². The number of hydroxylamine groups is 1. The number of hydrogen-bond donors (Lipinski definition) is 2. The van der Waals surface area contributed by atoms with E-state index >= 15 is 0 Å². The van der Waals surface area contributed by atoms with Crippen LogP contribution in [0.25, 0.3) is 6.08 Å². The summed E-state index contributed by atoms with van der Waals surface area (Å²) in [6, 6.07) is 3.29. The maximum Gasteiger partial charge on any atom is 0.413 e. The van der Waals surface area contributed by atoms with E-state index in [1.54, 1.807) is 24.4 Å². The van der Waals surface area contributed by atoms with Crippen molar-refractivity contribution in [1.29, 1.82) is 0 Å². The van der Waals surface area contributed by atoms with Gasteiger partial charge in [-0.2, -0.15) is 0 Å². The number of carbonyl (C=O) groups is 2. The number of nitrogens with one attached hydrogen (secondary N) is 1. The molecule has 2 aliphatic rings. The summed E-state index contributed by atoms with van der Waals surface area (Å²) in [5, 5.41) is 9.79. The van der Waals surface area contributed by atoms with Gasteiger partial charge in [0.2, 0.25) is 0 Å². The Labute approximate surface area is 189 Å². The Morgan fingerprint density at radius 2 is 2.16 bits per heavy atom. The van der Waals surface area contributed by atoms with Gasteiger partial charge in [-0.15, -0.1) is 0 Å². The number of pyridine rings is 1. The number of ether oxygens (including phenoxy) is 1. The molecule has 0 radical (unpaired) electrons. The van der Waals surface area contributed by atoms with Crippen LogP contribution in [0.3, 0.4) is 0 Å². The fraction of sp³-hybridized carbons (Fsp3) is 0.609. The highest BCUT2D eigenvalue weighted by molar-refractivity contribution is 5.91. The molecule has 2 saturated heterocycles. The summed E-state index contributed by atoms with van der Waals surface area (Å²) in [5.41, 5.74) is 3.21. The number of aromatic nitrogens is 1. The van der Waals surface area contributed by atoms with Crippen LogP contribution in [0.2, 0.25) is 0 Å². The van der Waals surface area contributed by atoms with E-state index < -0.39 is 18.3 Å². The van der Waals surface area contributed by atoms with Gasteiger partial charge in [0, 0.05) is 44.9 Å². The molecule has 0 bridgehead atoms. The Balaban J connectivity index is 1.55. The fourth-order valence-corrected chi connectivity index (χ4v) is 4.05. The Bertz CT molecular complexity index is 800. The van der Waals surface area contributed by atoms with Crippen molar-refractivity contribution in [2.45, 2.75) is 58.8 Å². The Morgan fingerprint density at radius 3 is 2.78 bits per heavy atom. The average Bonchev–Trinajstić information content (AvgIpc) is 3.18. The van der Waals surface area contributed by atoms with Gasteiger partial charge in [0.15, 0.2) is 6.29 Å². The van der Waals surface area contributed by atoms with E-state index in [0.717, 1.165) is 38.8 Å². The maximum absolute atomic E-state index is 12.0. The molecule has 3 heterocycles. The van der Waals surface area contributed by atoms with Crippen molar-refractivity contribution in [3.8, 4) is 0 Å². The van der Waals surface area contributed by atoms with Crippen LogP contribution in [0.1, 0.15) is 52.0 Å². The second-order valence-corrected chi connectivity index (χ2v) is 9.55. The number of likely N-dealkylation sites (tertiary alicyclic amines) is 1. The highest BCUT2D eigenvalue weighted by Gasteiger charge is 2.33. The van der Waals surface area contributed by atoms with Crippen molar-refractivity contribution in [1.82, 2.24) is 15.4 Å². The zero-order chi connectivity index (χ0) is 23.1. The second-order valence-electron chi connectivity index (χ2n) is 9.55. The summed E-state index contributed by atoms with van der Waals surface area (Å²) < 4.78 is 5.39. The maximum atomic E-state index is 12.0. The van der Waals surface area contributed by atoms with E-state index in [9.17, 15) is 14.7 Å². The van der Waals surface area contributed by atoms with E-state index in [1.807, 2.05) is 0 Å². The lowest BCUT2D eigenvalue weighted by atomic mass is 9.96. The first-order valence-corrected chi connectivity index (χ1v) is 11.2. The minimum absolute atomic E-state index is 0.131. The van der Waals surface area contributed by atoms with E-state index in [4.69, 9.17) is 9.57 Å². The molecule has 2 aliphatic heterocycles. The molecule has 1 aromatic heterocycles. The van der Waals surface area contributed by atoms with Gasteiger partial charge in [-0.3, -0.25) is 9.69 Å². The topological polar surface area (TPSA) is 104 Å². The fourth-order valence-electron chi connectivity index (χ4n) is 4.05. The lowest BCUT2D eigenvalue weighted by Crippen LogP contribution is -2.42. The molecular formula is C23H34N4O5. The van der Waals surface area contributed by atoms with Crippen LogP contribution in [-0.2, 0) is 14.4 Å². The molecule has 0 saturated carbocycles. The summed E-state index contributed by atoms with van der Waals surface area (Å²) in [6.45, 7) is 9.66. The molecule has 0 aliphatic carbocycles. The van der Waals surface area contributed by atoms with Gasteiger partial charge in [0.1, 0.15) is 5.82 Å². The molecule has 0 spiro atoms. The third kappa shape index (κ3) is 7.29. The molecule has 32 heavy (non-hydrogen) atoms. The van der Waals surface area contributed by atoms with Crippen molar-refractivity contribution in [2.75, 3.05) is 31.1 Å². The molecule has 0 aromatic carbocycles. The predicted molar refractivity (Wildman–Crippen MR) is 121 cm³/mol. The number of nitrogens with zero attached hydrogens (tertiary/aromatic N) is 3. The zero-order valence-electron chi connectivity index (χ0n) is 19.1. The Hall–Kier alpha value is -2.49. The highest BCUT2D eigenvalue weighted by atomic mass is 16.8. The van der Waals surface area contributed by atoms with Crippen LogP contribution >= 0.6 is 0 Å². The third-order valence-electron chi connectivity index (χ3n) is 5.39. The molecular weight excluding hydrogens is 412 g/mol. The van der Waals surface area contributed by atoms with Gasteiger partial charge in [-0.05, 0) is 48.4 Å². The van der Waals surface area contributed by atoms with Gasteiger partial charge in [0.05, 0.1) is 6.04 Å². The molecule has 2 amide bonds. The molecule has 176 valence electrons. The van der Waals surface area contributed by atoms with Gasteiger partial charge >= 0.3 is 6.09 Å². The van der Waals surface area contributed by atoms with Gasteiger partial charge in [0.25, 0.3) is 5.91 Å². The second kappa shape index (κ2) is 10.9. The zero-order valence-corrected chi connectivity index (χ0v) is 19.1. The summed E-state index contributed by atoms with van der Waals surface area (Å²) in [5.74, 6) is -0.0141. The Morgan fingerprint density at radius 1 is 1.34 bits per heavy atom. The average molecular weight is 447 g/mol. The molecule has 2 atom stereocenters. The lowest BCUT2D eigenvalue weighted by molar-refractivity contribution is -0.198. The summed E-state index contributed by atoms with van der Waals surface area (Å²) in [4.78, 5) is 37.1. The number of amides is 2. The first kappa shape index (κ1) is 24.2. The molecule has 2 N–H and O–H groups in total. The van der Waals surface area contributed by atoms with Crippen molar-refractivity contribution in [3.63, 3.8) is 0 Å². The predicted octanol–water partition coefficient (Wildman–Crippen LogP) is 3.27. The number of rotatable bonds is 7. The van der Waals surface area contributed by atoms with Crippen molar-refractivity contribution in [3.05, 3.63) is 30.0 Å². The van der Waals surface area contributed by atoms with Crippen molar-refractivity contribution < 1.29 is 24.3 Å². The van der Waals surface area contributed by atoms with Crippen LogP contribution < -0.4 is 10.4 Å². The van der Waals surface area contributed by atoms with Gasteiger partial charge in [-0.1, -0.05) is 20.8 Å². The molecule has 3 rings (SSSR count). The monoisotopic (exact) mass is 446 g/mol. The normalized spacial score (nSPS) is 22.2. The van der Waals surface area contributed by atoms with Crippen molar-refractivity contribution in [2.24, 2.45) is 5.41 Å². The summed E-state index contributed by atoms with van der Waals surface area (Å²) >= 11 is 0. The van der Waals surface area contributed by atoms with Crippen molar-refractivity contribution >= 4 is 23.9 Å². The quantitative estimate of drug-likeness (QED) is 0.489. The Kier molecular flexibility index (Phi) is 8.22. The number of carboxylic acid groups (broad SMARTS) is 1. The number of carbonyl (C=O) groups excluding carboxylic acids is 1. The minimum atomic E-state index is -1.01. The van der Waals surface area contributed by atoms with E-state index in [2.05, 4.69) is 36.1 Å². The van der Waals surface area contributed by atoms with E-state index in [1.165, 1.54) is 11.0 Å². The van der Waals surface area contributed by atoms with Gasteiger partial charge in [-0.25, -0.2) is 20.1 Å². The van der Waals surface area contributed by atoms with Gasteiger partial charge < -0.3 is 14.7 Å². The molecule has 9 nitrogen and oxygen atoms in total. The molecule has 2 fully saturated rings. The van der Waals surface area contributed by atoms with Crippen LogP contribution in [0.15, 0.2) is 24.4 Å². The first-order valence-electron chi connectivity index (χ1n) is 11.2.